The smallest absolute Gasteiger partial charge is 0.307 e. The van der Waals surface area contributed by atoms with Gasteiger partial charge in [-0.25, -0.2) is 0 Å². The Kier molecular flexibility index (Phi) is 4.37. The molecule has 0 spiro atoms. The Bertz CT molecular complexity index is 507. The second-order valence-electron chi connectivity index (χ2n) is 4.74. The molecule has 1 amide bonds. The van der Waals surface area contributed by atoms with Crippen LogP contribution in [0.4, 0.5) is 0 Å². The Labute approximate surface area is 116 Å². The van der Waals surface area contributed by atoms with E-state index in [4.69, 9.17) is 5.11 Å². The van der Waals surface area contributed by atoms with Gasteiger partial charge in [-0.05, 0) is 36.8 Å². The van der Waals surface area contributed by atoms with Crippen LogP contribution in [-0.4, -0.2) is 17.0 Å². The summed E-state index contributed by atoms with van der Waals surface area (Å²) in [6, 6.07) is 2.01. The molecule has 19 heavy (non-hydrogen) atoms. The first-order valence-electron chi connectivity index (χ1n) is 6.28. The highest BCUT2D eigenvalue weighted by Crippen LogP contribution is 2.26. The highest BCUT2D eigenvalue weighted by Gasteiger charge is 2.33. The third kappa shape index (κ3) is 3.23. The number of allylic oxidation sites excluding steroid dienone is 2. The van der Waals surface area contributed by atoms with Gasteiger partial charge in [0.05, 0.1) is 18.4 Å². The van der Waals surface area contributed by atoms with Crippen molar-refractivity contribution in [2.75, 3.05) is 0 Å². The molecule has 0 aliphatic heterocycles. The normalized spacial score (nSPS) is 22.2. The molecule has 0 aromatic carbocycles. The molecule has 1 heterocycles. The zero-order valence-electron chi connectivity index (χ0n) is 10.8. The van der Waals surface area contributed by atoms with Gasteiger partial charge in [-0.3, -0.25) is 9.59 Å². The molecule has 0 unspecified atom stereocenters. The molecule has 2 N–H and O–H groups in total. The summed E-state index contributed by atoms with van der Waals surface area (Å²) in [5.74, 6) is -2.11. The molecule has 1 aromatic heterocycles. The number of thiophene rings is 1. The number of hydrogen-bond donors (Lipinski definition) is 2. The first-order chi connectivity index (χ1) is 9.09. The molecule has 1 aromatic rings. The Morgan fingerprint density at radius 1 is 1.37 bits per heavy atom. The SMILES string of the molecule is Cc1ccsc1CNC(=O)[C@H]1CC=CC[C@@H]1C(=O)O. The van der Waals surface area contributed by atoms with Gasteiger partial charge in [0.15, 0.2) is 0 Å². The molecule has 0 saturated carbocycles. The van der Waals surface area contributed by atoms with E-state index < -0.39 is 17.8 Å². The van der Waals surface area contributed by atoms with Crippen LogP contribution in [-0.2, 0) is 16.1 Å². The summed E-state index contributed by atoms with van der Waals surface area (Å²) < 4.78 is 0. The summed E-state index contributed by atoms with van der Waals surface area (Å²) in [5, 5.41) is 14.0. The molecular weight excluding hydrogens is 262 g/mol. The quantitative estimate of drug-likeness (QED) is 0.831. The molecule has 0 fully saturated rings. The molecule has 0 bridgehead atoms. The van der Waals surface area contributed by atoms with Crippen molar-refractivity contribution in [3.63, 3.8) is 0 Å². The molecule has 0 radical (unpaired) electrons. The van der Waals surface area contributed by atoms with E-state index in [-0.39, 0.29) is 5.91 Å². The lowest BCUT2D eigenvalue weighted by Crippen LogP contribution is -2.38. The summed E-state index contributed by atoms with van der Waals surface area (Å²) in [6.45, 7) is 2.48. The van der Waals surface area contributed by atoms with Gasteiger partial charge in [-0.1, -0.05) is 12.2 Å². The van der Waals surface area contributed by atoms with Crippen LogP contribution >= 0.6 is 11.3 Å². The second-order valence-corrected chi connectivity index (χ2v) is 5.74. The number of carboxylic acid groups (broad SMARTS) is 1. The molecular formula is C14H17NO3S. The monoisotopic (exact) mass is 279 g/mol. The summed E-state index contributed by atoms with van der Waals surface area (Å²) in [5.41, 5.74) is 1.16. The Morgan fingerprint density at radius 3 is 2.63 bits per heavy atom. The molecule has 2 rings (SSSR count). The van der Waals surface area contributed by atoms with E-state index in [1.165, 1.54) is 0 Å². The van der Waals surface area contributed by atoms with Gasteiger partial charge in [0, 0.05) is 4.88 Å². The van der Waals surface area contributed by atoms with Gasteiger partial charge in [0.2, 0.25) is 5.91 Å². The average Bonchev–Trinajstić information content (AvgIpc) is 2.81. The number of rotatable bonds is 4. The largest absolute Gasteiger partial charge is 0.481 e. The number of nitrogens with one attached hydrogen (secondary N) is 1. The van der Waals surface area contributed by atoms with E-state index >= 15 is 0 Å². The lowest BCUT2D eigenvalue weighted by molar-refractivity contribution is -0.147. The lowest BCUT2D eigenvalue weighted by atomic mass is 9.82. The van der Waals surface area contributed by atoms with Crippen LogP contribution in [0.5, 0.6) is 0 Å². The maximum absolute atomic E-state index is 12.1. The van der Waals surface area contributed by atoms with E-state index in [0.717, 1.165) is 10.4 Å². The third-order valence-electron chi connectivity index (χ3n) is 3.48. The van der Waals surface area contributed by atoms with E-state index in [1.807, 2.05) is 30.5 Å². The van der Waals surface area contributed by atoms with Crippen molar-refractivity contribution < 1.29 is 14.7 Å². The maximum atomic E-state index is 12.1. The van der Waals surface area contributed by atoms with Crippen LogP contribution in [0, 0.1) is 18.8 Å². The minimum atomic E-state index is -0.892. The fourth-order valence-electron chi connectivity index (χ4n) is 2.26. The van der Waals surface area contributed by atoms with Crippen LogP contribution in [0.2, 0.25) is 0 Å². The number of amides is 1. The maximum Gasteiger partial charge on any atom is 0.307 e. The zero-order chi connectivity index (χ0) is 13.8. The molecule has 102 valence electrons. The van der Waals surface area contributed by atoms with Crippen molar-refractivity contribution in [2.24, 2.45) is 11.8 Å². The number of carbonyl (C=O) groups excluding carboxylic acids is 1. The van der Waals surface area contributed by atoms with Crippen molar-refractivity contribution >= 4 is 23.2 Å². The predicted molar refractivity (Wildman–Crippen MR) is 73.9 cm³/mol. The van der Waals surface area contributed by atoms with Crippen molar-refractivity contribution in [3.05, 3.63) is 34.0 Å². The fourth-order valence-corrected chi connectivity index (χ4v) is 3.11. The molecule has 0 saturated heterocycles. The number of aryl methyl sites for hydroxylation is 1. The molecule has 1 aliphatic rings. The summed E-state index contributed by atoms with van der Waals surface area (Å²) in [4.78, 5) is 24.4. The van der Waals surface area contributed by atoms with Gasteiger partial charge in [0.1, 0.15) is 0 Å². The van der Waals surface area contributed by atoms with Gasteiger partial charge in [-0.15, -0.1) is 11.3 Å². The minimum Gasteiger partial charge on any atom is -0.481 e. The second kappa shape index (κ2) is 6.02. The van der Waals surface area contributed by atoms with Gasteiger partial charge >= 0.3 is 5.97 Å². The first kappa shape index (κ1) is 13.8. The van der Waals surface area contributed by atoms with Crippen molar-refractivity contribution in [3.8, 4) is 0 Å². The average molecular weight is 279 g/mol. The molecule has 5 heteroatoms. The molecule has 4 nitrogen and oxygen atoms in total. The van der Waals surface area contributed by atoms with Gasteiger partial charge < -0.3 is 10.4 Å². The van der Waals surface area contributed by atoms with Crippen molar-refractivity contribution in [2.45, 2.75) is 26.3 Å². The van der Waals surface area contributed by atoms with Crippen LogP contribution in [0.15, 0.2) is 23.6 Å². The van der Waals surface area contributed by atoms with Crippen molar-refractivity contribution in [1.29, 1.82) is 0 Å². The minimum absolute atomic E-state index is 0.162. The van der Waals surface area contributed by atoms with Crippen LogP contribution in [0.25, 0.3) is 0 Å². The Hall–Kier alpha value is -1.62. The van der Waals surface area contributed by atoms with E-state index in [1.54, 1.807) is 11.3 Å². The first-order valence-corrected chi connectivity index (χ1v) is 7.16. The van der Waals surface area contributed by atoms with Crippen LogP contribution < -0.4 is 5.32 Å². The van der Waals surface area contributed by atoms with Gasteiger partial charge in [-0.2, -0.15) is 0 Å². The predicted octanol–water partition coefficient (Wildman–Crippen LogP) is 2.34. The van der Waals surface area contributed by atoms with Gasteiger partial charge in [0.25, 0.3) is 0 Å². The van der Waals surface area contributed by atoms with Crippen LogP contribution in [0.1, 0.15) is 23.3 Å². The summed E-state index contributed by atoms with van der Waals surface area (Å²) in [7, 11) is 0. The Balaban J connectivity index is 1.97. The topological polar surface area (TPSA) is 66.4 Å². The molecule has 2 atom stereocenters. The molecule has 1 aliphatic carbocycles. The van der Waals surface area contributed by atoms with E-state index in [0.29, 0.717) is 19.4 Å². The highest BCUT2D eigenvalue weighted by molar-refractivity contribution is 7.10. The number of carbonyl (C=O) groups is 2. The van der Waals surface area contributed by atoms with Crippen LogP contribution in [0.3, 0.4) is 0 Å². The van der Waals surface area contributed by atoms with E-state index in [9.17, 15) is 9.59 Å². The lowest BCUT2D eigenvalue weighted by Gasteiger charge is -2.24. The third-order valence-corrected chi connectivity index (χ3v) is 4.50. The number of aliphatic carboxylic acids is 1. The number of carboxylic acids is 1. The summed E-state index contributed by atoms with van der Waals surface area (Å²) >= 11 is 1.60. The standard InChI is InChI=1S/C14H17NO3S/c1-9-6-7-19-12(9)8-15-13(16)10-4-2-3-5-11(10)14(17)18/h2-3,6-7,10-11H,4-5,8H2,1H3,(H,15,16)(H,17,18)/t10-,11-/m0/s1. The fraction of sp³-hybridized carbons (Fsp3) is 0.429. The Morgan fingerprint density at radius 2 is 2.05 bits per heavy atom. The highest BCUT2D eigenvalue weighted by atomic mass is 32.1. The zero-order valence-corrected chi connectivity index (χ0v) is 11.6. The van der Waals surface area contributed by atoms with E-state index in [2.05, 4.69) is 5.32 Å². The van der Waals surface area contributed by atoms with Crippen molar-refractivity contribution in [1.82, 2.24) is 5.32 Å². The number of hydrogen-bond acceptors (Lipinski definition) is 3. The summed E-state index contributed by atoms with van der Waals surface area (Å²) in [6.07, 6.45) is 4.67.